The molecule has 1 fully saturated rings. The summed E-state index contributed by atoms with van der Waals surface area (Å²) in [5, 5.41) is 3.81. The van der Waals surface area contributed by atoms with Crippen LogP contribution in [0.4, 0.5) is 5.13 Å². The Labute approximate surface area is 194 Å². The highest BCUT2D eigenvalue weighted by atomic mass is 35.5. The number of aromatic nitrogens is 1. The molecule has 0 spiro atoms. The van der Waals surface area contributed by atoms with E-state index < -0.39 is 15.9 Å². The van der Waals surface area contributed by atoms with Gasteiger partial charge in [-0.1, -0.05) is 34.5 Å². The summed E-state index contributed by atoms with van der Waals surface area (Å²) in [6.07, 6.45) is -0.360. The zero-order chi connectivity index (χ0) is 22.3. The highest BCUT2D eigenvalue weighted by Crippen LogP contribution is 2.35. The molecule has 0 bridgehead atoms. The van der Waals surface area contributed by atoms with Gasteiger partial charge in [0.25, 0.3) is 5.91 Å². The lowest BCUT2D eigenvalue weighted by Crippen LogP contribution is -2.48. The number of rotatable bonds is 4. The van der Waals surface area contributed by atoms with E-state index >= 15 is 0 Å². The number of hydrogen-bond acceptors (Lipinski definition) is 6. The van der Waals surface area contributed by atoms with E-state index in [9.17, 15) is 13.2 Å². The van der Waals surface area contributed by atoms with Gasteiger partial charge in [-0.25, -0.2) is 13.4 Å². The number of anilines is 1. The van der Waals surface area contributed by atoms with Crippen LogP contribution < -0.4 is 5.32 Å². The molecule has 7 nitrogen and oxygen atoms in total. The Hall–Kier alpha value is -1.75. The summed E-state index contributed by atoms with van der Waals surface area (Å²) >= 11 is 13.4. The molecule has 164 valence electrons. The fraction of sp³-hybridized carbons (Fsp3) is 0.300. The summed E-state index contributed by atoms with van der Waals surface area (Å²) in [5.74, 6) is -0.404. The zero-order valence-electron chi connectivity index (χ0n) is 16.6. The van der Waals surface area contributed by atoms with Crippen molar-refractivity contribution in [2.75, 3.05) is 18.4 Å². The maximum Gasteiger partial charge on any atom is 0.257 e. The van der Waals surface area contributed by atoms with Gasteiger partial charge in [-0.2, -0.15) is 4.31 Å². The number of carbonyl (C=O) groups excluding carboxylic acids is 1. The number of morpholine rings is 1. The lowest BCUT2D eigenvalue weighted by atomic mass is 10.2. The van der Waals surface area contributed by atoms with Gasteiger partial charge < -0.3 is 4.74 Å². The molecule has 0 radical (unpaired) electrons. The van der Waals surface area contributed by atoms with Crippen molar-refractivity contribution < 1.29 is 17.9 Å². The van der Waals surface area contributed by atoms with Gasteiger partial charge in [0.05, 0.1) is 31.8 Å². The van der Waals surface area contributed by atoms with Crippen molar-refractivity contribution in [1.82, 2.24) is 9.29 Å². The summed E-state index contributed by atoms with van der Waals surface area (Å²) in [7, 11) is -3.67. The third kappa shape index (κ3) is 4.57. The third-order valence-corrected chi connectivity index (χ3v) is 8.39. The number of fused-ring (bicyclic) bond motifs is 1. The maximum atomic E-state index is 12.9. The van der Waals surface area contributed by atoms with Crippen LogP contribution in [0.25, 0.3) is 10.2 Å². The van der Waals surface area contributed by atoms with E-state index in [2.05, 4.69) is 10.3 Å². The van der Waals surface area contributed by atoms with Crippen LogP contribution in [0.3, 0.4) is 0 Å². The zero-order valence-corrected chi connectivity index (χ0v) is 19.8. The summed E-state index contributed by atoms with van der Waals surface area (Å²) in [4.78, 5) is 17.1. The van der Waals surface area contributed by atoms with E-state index in [0.29, 0.717) is 39.3 Å². The Kier molecular flexibility index (Phi) is 6.26. The predicted octanol–water partition coefficient (Wildman–Crippen LogP) is 4.65. The SMILES string of the molecule is C[C@@H]1CN(S(=O)(=O)c2ccc(C(=O)Nc3nc4c(Cl)c(Cl)ccc4s3)cc2)C[C@@H](C)O1. The number of sulfonamides is 1. The van der Waals surface area contributed by atoms with Gasteiger partial charge in [0, 0.05) is 18.7 Å². The first-order valence-electron chi connectivity index (χ1n) is 9.46. The molecule has 1 amide bonds. The molecule has 2 heterocycles. The topological polar surface area (TPSA) is 88.6 Å². The quantitative estimate of drug-likeness (QED) is 0.563. The Morgan fingerprint density at radius 1 is 1.13 bits per heavy atom. The molecule has 11 heteroatoms. The molecule has 1 saturated heterocycles. The summed E-state index contributed by atoms with van der Waals surface area (Å²) in [6.45, 7) is 4.27. The molecule has 3 aromatic rings. The number of carbonyl (C=O) groups is 1. The van der Waals surface area contributed by atoms with Crippen molar-refractivity contribution in [3.05, 3.63) is 52.0 Å². The molecular formula is C20H19Cl2N3O4S2. The normalized spacial score (nSPS) is 20.1. The van der Waals surface area contributed by atoms with Crippen LogP contribution in [0.2, 0.25) is 10.0 Å². The number of benzene rings is 2. The van der Waals surface area contributed by atoms with Crippen molar-refractivity contribution in [3.8, 4) is 0 Å². The Morgan fingerprint density at radius 3 is 2.42 bits per heavy atom. The second kappa shape index (κ2) is 8.65. The fourth-order valence-corrected chi connectivity index (χ4v) is 6.29. The van der Waals surface area contributed by atoms with Gasteiger partial charge in [0.15, 0.2) is 5.13 Å². The molecule has 2 atom stereocenters. The van der Waals surface area contributed by atoms with E-state index in [4.69, 9.17) is 27.9 Å². The number of nitrogens with zero attached hydrogens (tertiary/aromatic N) is 2. The van der Waals surface area contributed by atoms with Gasteiger partial charge in [0.1, 0.15) is 5.52 Å². The third-order valence-electron chi connectivity index (χ3n) is 4.81. The highest BCUT2D eigenvalue weighted by Gasteiger charge is 2.32. The average molecular weight is 500 g/mol. The first-order valence-corrected chi connectivity index (χ1v) is 12.5. The van der Waals surface area contributed by atoms with Crippen LogP contribution in [-0.4, -0.2) is 48.9 Å². The Balaban J connectivity index is 1.51. The smallest absolute Gasteiger partial charge is 0.257 e. The van der Waals surface area contributed by atoms with Gasteiger partial charge in [-0.3, -0.25) is 10.1 Å². The largest absolute Gasteiger partial charge is 0.373 e. The number of hydrogen-bond donors (Lipinski definition) is 1. The van der Waals surface area contributed by atoms with Crippen LogP contribution in [0.5, 0.6) is 0 Å². The minimum absolute atomic E-state index is 0.131. The van der Waals surface area contributed by atoms with Crippen LogP contribution in [-0.2, 0) is 14.8 Å². The molecule has 1 aliphatic rings. The van der Waals surface area contributed by atoms with E-state index in [1.807, 2.05) is 13.8 Å². The number of amides is 1. The number of halogens is 2. The van der Waals surface area contributed by atoms with Crippen molar-refractivity contribution in [3.63, 3.8) is 0 Å². The highest BCUT2D eigenvalue weighted by molar-refractivity contribution is 7.89. The van der Waals surface area contributed by atoms with Gasteiger partial charge >= 0.3 is 0 Å². The van der Waals surface area contributed by atoms with Crippen molar-refractivity contribution in [1.29, 1.82) is 0 Å². The first kappa shape index (κ1) is 22.4. The van der Waals surface area contributed by atoms with E-state index in [-0.39, 0.29) is 17.1 Å². The standard InChI is InChI=1S/C20H19Cl2N3O4S2/c1-11-9-25(10-12(2)29-11)31(27,28)14-5-3-13(4-6-14)19(26)24-20-23-18-16(30-20)8-7-15(21)17(18)22/h3-8,11-12H,9-10H2,1-2H3,(H,23,24,26)/t11-,12-/m1/s1. The Morgan fingerprint density at radius 2 is 1.77 bits per heavy atom. The second-order valence-electron chi connectivity index (χ2n) is 7.28. The monoisotopic (exact) mass is 499 g/mol. The minimum atomic E-state index is -3.67. The van der Waals surface area contributed by atoms with E-state index in [1.165, 1.54) is 39.9 Å². The molecule has 31 heavy (non-hydrogen) atoms. The van der Waals surface area contributed by atoms with Crippen molar-refractivity contribution in [2.45, 2.75) is 31.0 Å². The van der Waals surface area contributed by atoms with Crippen LogP contribution in [0.15, 0.2) is 41.3 Å². The lowest BCUT2D eigenvalue weighted by Gasteiger charge is -2.34. The molecule has 1 aliphatic heterocycles. The number of thiazole rings is 1. The molecule has 0 unspecified atom stereocenters. The van der Waals surface area contributed by atoms with E-state index in [0.717, 1.165) is 4.70 Å². The number of ether oxygens (including phenoxy) is 1. The van der Waals surface area contributed by atoms with Crippen LogP contribution in [0, 0.1) is 0 Å². The molecular weight excluding hydrogens is 481 g/mol. The fourth-order valence-electron chi connectivity index (χ4n) is 3.41. The van der Waals surface area contributed by atoms with Crippen LogP contribution in [0.1, 0.15) is 24.2 Å². The first-order chi connectivity index (χ1) is 14.6. The van der Waals surface area contributed by atoms with Gasteiger partial charge in [-0.15, -0.1) is 0 Å². The van der Waals surface area contributed by atoms with E-state index in [1.54, 1.807) is 12.1 Å². The second-order valence-corrected chi connectivity index (χ2v) is 11.0. The van der Waals surface area contributed by atoms with Crippen LogP contribution >= 0.6 is 34.5 Å². The van der Waals surface area contributed by atoms with Gasteiger partial charge in [0.2, 0.25) is 10.0 Å². The molecule has 2 aromatic carbocycles. The molecule has 0 aliphatic carbocycles. The van der Waals surface area contributed by atoms with Crippen molar-refractivity contribution >= 4 is 65.8 Å². The minimum Gasteiger partial charge on any atom is -0.373 e. The molecule has 0 saturated carbocycles. The van der Waals surface area contributed by atoms with Crippen molar-refractivity contribution in [2.24, 2.45) is 0 Å². The molecule has 1 N–H and O–H groups in total. The summed E-state index contributed by atoms with van der Waals surface area (Å²) < 4.78 is 33.7. The summed E-state index contributed by atoms with van der Waals surface area (Å²) in [5.41, 5.74) is 0.830. The predicted molar refractivity (Wildman–Crippen MR) is 123 cm³/mol. The molecule has 1 aromatic heterocycles. The lowest BCUT2D eigenvalue weighted by molar-refractivity contribution is -0.0440. The molecule has 4 rings (SSSR count). The Bertz CT molecular complexity index is 1240. The average Bonchev–Trinajstić information content (AvgIpc) is 3.13. The maximum absolute atomic E-state index is 12.9. The summed E-state index contributed by atoms with van der Waals surface area (Å²) in [6, 6.07) is 9.28. The van der Waals surface area contributed by atoms with Gasteiger partial charge in [-0.05, 0) is 50.2 Å². The number of nitrogens with one attached hydrogen (secondary N) is 1.